The highest BCUT2D eigenvalue weighted by Crippen LogP contribution is 2.27. The Morgan fingerprint density at radius 3 is 2.85 bits per heavy atom. The molecule has 20 heavy (non-hydrogen) atoms. The standard InChI is InChI=1S/C13H15BrClN3O2/c1-3-19-7-13(2,16)12-17-11(20-18-12)8-4-9(14)6-10(15)5-8/h4-6H,3,7,16H2,1-2H3. The fourth-order valence-electron chi connectivity index (χ4n) is 1.63. The zero-order valence-electron chi connectivity index (χ0n) is 11.2. The van der Waals surface area contributed by atoms with E-state index in [1.165, 1.54) is 0 Å². The van der Waals surface area contributed by atoms with Crippen LogP contribution in [0.25, 0.3) is 11.5 Å². The zero-order chi connectivity index (χ0) is 14.8. The predicted octanol–water partition coefficient (Wildman–Crippen LogP) is 3.36. The van der Waals surface area contributed by atoms with Gasteiger partial charge in [0.25, 0.3) is 5.89 Å². The van der Waals surface area contributed by atoms with E-state index in [1.807, 2.05) is 13.0 Å². The Bertz CT molecular complexity index is 581. The Hall–Kier alpha value is -0.950. The van der Waals surface area contributed by atoms with Gasteiger partial charge in [-0.3, -0.25) is 0 Å². The highest BCUT2D eigenvalue weighted by Gasteiger charge is 2.28. The lowest BCUT2D eigenvalue weighted by molar-refractivity contribution is 0.0962. The number of rotatable bonds is 5. The third kappa shape index (κ3) is 3.58. The molecule has 1 heterocycles. The molecule has 0 aliphatic heterocycles. The van der Waals surface area contributed by atoms with E-state index in [0.717, 1.165) is 10.0 Å². The van der Waals surface area contributed by atoms with Crippen LogP contribution in [0.3, 0.4) is 0 Å². The summed E-state index contributed by atoms with van der Waals surface area (Å²) in [7, 11) is 0. The van der Waals surface area contributed by atoms with Crippen molar-refractivity contribution in [3.05, 3.63) is 33.5 Å². The topological polar surface area (TPSA) is 74.2 Å². The summed E-state index contributed by atoms with van der Waals surface area (Å²) < 4.78 is 11.4. The third-order valence-corrected chi connectivity index (χ3v) is 3.33. The molecule has 2 aromatic rings. The molecule has 0 amide bonds. The van der Waals surface area contributed by atoms with Crippen LogP contribution in [0.4, 0.5) is 0 Å². The van der Waals surface area contributed by atoms with Crippen LogP contribution in [-0.4, -0.2) is 23.4 Å². The molecule has 0 radical (unpaired) electrons. The minimum Gasteiger partial charge on any atom is -0.379 e. The number of hydrogen-bond acceptors (Lipinski definition) is 5. The normalized spacial score (nSPS) is 14.2. The lowest BCUT2D eigenvalue weighted by atomic mass is 10.1. The Balaban J connectivity index is 2.28. The summed E-state index contributed by atoms with van der Waals surface area (Å²) in [5, 5.41) is 4.51. The van der Waals surface area contributed by atoms with Crippen molar-refractivity contribution >= 4 is 27.5 Å². The van der Waals surface area contributed by atoms with Crippen molar-refractivity contribution in [3.63, 3.8) is 0 Å². The van der Waals surface area contributed by atoms with Crippen molar-refractivity contribution in [1.29, 1.82) is 0 Å². The minimum absolute atomic E-state index is 0.321. The number of halogens is 2. The summed E-state index contributed by atoms with van der Waals surface area (Å²) >= 11 is 9.37. The number of ether oxygens (including phenoxy) is 1. The lowest BCUT2D eigenvalue weighted by Crippen LogP contribution is -2.39. The number of nitrogens with zero attached hydrogens (tertiary/aromatic N) is 2. The molecule has 0 aliphatic rings. The highest BCUT2D eigenvalue weighted by molar-refractivity contribution is 9.10. The first-order chi connectivity index (χ1) is 9.42. The number of aromatic nitrogens is 2. The Kier molecular flexibility index (Phi) is 4.80. The van der Waals surface area contributed by atoms with Gasteiger partial charge >= 0.3 is 0 Å². The van der Waals surface area contributed by atoms with Crippen molar-refractivity contribution < 1.29 is 9.26 Å². The molecule has 0 aliphatic carbocycles. The van der Waals surface area contributed by atoms with Crippen LogP contribution in [0.5, 0.6) is 0 Å². The van der Waals surface area contributed by atoms with Crippen LogP contribution < -0.4 is 5.73 Å². The first-order valence-corrected chi connectivity index (χ1v) is 7.27. The van der Waals surface area contributed by atoms with Gasteiger partial charge in [-0.1, -0.05) is 32.7 Å². The molecule has 7 heteroatoms. The maximum absolute atomic E-state index is 6.13. The molecule has 1 aromatic heterocycles. The molecule has 0 saturated heterocycles. The largest absolute Gasteiger partial charge is 0.379 e. The number of hydrogen-bond donors (Lipinski definition) is 1. The SMILES string of the molecule is CCOCC(C)(N)c1noc(-c2cc(Cl)cc(Br)c2)n1. The highest BCUT2D eigenvalue weighted by atomic mass is 79.9. The molecule has 5 nitrogen and oxygen atoms in total. The smallest absolute Gasteiger partial charge is 0.258 e. The van der Waals surface area contributed by atoms with E-state index in [4.69, 9.17) is 26.6 Å². The van der Waals surface area contributed by atoms with Crippen molar-refractivity contribution in [3.8, 4) is 11.5 Å². The van der Waals surface area contributed by atoms with Crippen molar-refractivity contribution in [2.24, 2.45) is 5.73 Å². The predicted molar refractivity (Wildman–Crippen MR) is 80.5 cm³/mol. The van der Waals surface area contributed by atoms with E-state index in [1.54, 1.807) is 19.1 Å². The van der Waals surface area contributed by atoms with Crippen LogP contribution in [-0.2, 0) is 10.3 Å². The molecule has 0 fully saturated rings. The summed E-state index contributed by atoms with van der Waals surface area (Å²) in [6, 6.07) is 5.38. The third-order valence-electron chi connectivity index (χ3n) is 2.65. The van der Waals surface area contributed by atoms with Gasteiger partial charge in [0.15, 0.2) is 5.82 Å². The van der Waals surface area contributed by atoms with Gasteiger partial charge in [0.05, 0.1) is 6.61 Å². The van der Waals surface area contributed by atoms with Crippen molar-refractivity contribution in [2.75, 3.05) is 13.2 Å². The van der Waals surface area contributed by atoms with Gasteiger partial charge in [0.2, 0.25) is 0 Å². The Labute approximate surface area is 130 Å². The maximum Gasteiger partial charge on any atom is 0.258 e. The second-order valence-corrected chi connectivity index (χ2v) is 5.99. The van der Waals surface area contributed by atoms with E-state index in [2.05, 4.69) is 26.1 Å². The number of nitrogens with two attached hydrogens (primary N) is 1. The molecule has 1 unspecified atom stereocenters. The van der Waals surface area contributed by atoms with Gasteiger partial charge in [0.1, 0.15) is 5.54 Å². The molecule has 0 saturated carbocycles. The molecule has 0 spiro atoms. The molecule has 0 bridgehead atoms. The fraction of sp³-hybridized carbons (Fsp3) is 0.385. The van der Waals surface area contributed by atoms with E-state index in [-0.39, 0.29) is 0 Å². The van der Waals surface area contributed by atoms with Crippen LogP contribution in [0, 0.1) is 0 Å². The summed E-state index contributed by atoms with van der Waals surface area (Å²) in [5.41, 5.74) is 6.06. The monoisotopic (exact) mass is 359 g/mol. The second kappa shape index (κ2) is 6.22. The van der Waals surface area contributed by atoms with Crippen LogP contribution in [0.1, 0.15) is 19.7 Å². The molecule has 2 rings (SSSR count). The summed E-state index contributed by atoms with van der Waals surface area (Å²) in [5.74, 6) is 0.772. The number of benzene rings is 1. The van der Waals surface area contributed by atoms with Gasteiger partial charge in [0, 0.05) is 21.7 Å². The fourth-order valence-corrected chi connectivity index (χ4v) is 2.49. The molecule has 1 atom stereocenters. The van der Waals surface area contributed by atoms with Crippen LogP contribution in [0.15, 0.2) is 27.2 Å². The zero-order valence-corrected chi connectivity index (χ0v) is 13.5. The van der Waals surface area contributed by atoms with Gasteiger partial charge in [-0.2, -0.15) is 4.98 Å². The molecular formula is C13H15BrClN3O2. The molecule has 108 valence electrons. The van der Waals surface area contributed by atoms with Crippen LogP contribution in [0.2, 0.25) is 5.02 Å². The van der Waals surface area contributed by atoms with Gasteiger partial charge < -0.3 is 15.0 Å². The lowest BCUT2D eigenvalue weighted by Gasteiger charge is -2.19. The first-order valence-electron chi connectivity index (χ1n) is 6.09. The van der Waals surface area contributed by atoms with Gasteiger partial charge in [-0.15, -0.1) is 0 Å². The minimum atomic E-state index is -0.798. The average molecular weight is 361 g/mol. The second-order valence-electron chi connectivity index (χ2n) is 4.64. The van der Waals surface area contributed by atoms with E-state index in [9.17, 15) is 0 Å². The van der Waals surface area contributed by atoms with E-state index >= 15 is 0 Å². The Morgan fingerprint density at radius 2 is 2.20 bits per heavy atom. The quantitative estimate of drug-likeness (QED) is 0.885. The maximum atomic E-state index is 6.13. The molecular weight excluding hydrogens is 346 g/mol. The van der Waals surface area contributed by atoms with Gasteiger partial charge in [-0.25, -0.2) is 0 Å². The van der Waals surface area contributed by atoms with Gasteiger partial charge in [-0.05, 0) is 32.0 Å². The summed E-state index contributed by atoms with van der Waals surface area (Å²) in [6.07, 6.45) is 0. The summed E-state index contributed by atoms with van der Waals surface area (Å²) in [6.45, 7) is 4.60. The first kappa shape index (κ1) is 15.4. The molecule has 2 N–H and O–H groups in total. The van der Waals surface area contributed by atoms with Crippen LogP contribution >= 0.6 is 27.5 Å². The van der Waals surface area contributed by atoms with Crippen molar-refractivity contribution in [1.82, 2.24) is 10.1 Å². The Morgan fingerprint density at radius 1 is 1.45 bits per heavy atom. The van der Waals surface area contributed by atoms with E-state index in [0.29, 0.717) is 30.0 Å². The van der Waals surface area contributed by atoms with Crippen molar-refractivity contribution in [2.45, 2.75) is 19.4 Å². The summed E-state index contributed by atoms with van der Waals surface area (Å²) in [4.78, 5) is 4.33. The molecule has 1 aromatic carbocycles. The average Bonchev–Trinajstić information content (AvgIpc) is 2.85. The van der Waals surface area contributed by atoms with E-state index < -0.39 is 5.54 Å².